The number of halogens is 1. The smallest absolute Gasteiger partial charge is 0.407 e. The monoisotopic (exact) mass is 454 g/mol. The molecule has 1 aliphatic heterocycles. The summed E-state index contributed by atoms with van der Waals surface area (Å²) in [5, 5.41) is 20.5. The van der Waals surface area contributed by atoms with E-state index >= 15 is 0 Å². The van der Waals surface area contributed by atoms with Crippen molar-refractivity contribution in [1.82, 2.24) is 19.8 Å². The zero-order valence-corrected chi connectivity index (χ0v) is 18.4. The van der Waals surface area contributed by atoms with Crippen LogP contribution in [0.5, 0.6) is 5.88 Å². The summed E-state index contributed by atoms with van der Waals surface area (Å²) < 4.78 is 19.8. The second kappa shape index (κ2) is 10.1. The van der Waals surface area contributed by atoms with Crippen LogP contribution < -0.4 is 4.74 Å². The lowest BCUT2D eigenvalue weighted by molar-refractivity contribution is 0.116. The summed E-state index contributed by atoms with van der Waals surface area (Å²) in [6.07, 6.45) is -0.163. The van der Waals surface area contributed by atoms with Gasteiger partial charge in [-0.25, -0.2) is 14.2 Å². The van der Waals surface area contributed by atoms with E-state index in [1.54, 1.807) is 12.1 Å². The van der Waals surface area contributed by atoms with Crippen LogP contribution in [0, 0.1) is 11.7 Å². The van der Waals surface area contributed by atoms with Gasteiger partial charge in [0.1, 0.15) is 11.3 Å². The molecule has 2 aromatic heterocycles. The minimum atomic E-state index is -1.10. The molecule has 3 aromatic rings. The number of carbonyl (C=O) groups is 1. The van der Waals surface area contributed by atoms with Gasteiger partial charge >= 0.3 is 6.09 Å². The Balaban J connectivity index is 1.42. The maximum atomic E-state index is 14.6. The highest BCUT2D eigenvalue weighted by atomic mass is 19.1. The number of pyridine rings is 2. The Kier molecular flexibility index (Phi) is 7.00. The first-order valence-corrected chi connectivity index (χ1v) is 10.9. The van der Waals surface area contributed by atoms with Crippen LogP contribution in [0.2, 0.25) is 0 Å². The van der Waals surface area contributed by atoms with Crippen LogP contribution in [-0.4, -0.2) is 69.4 Å². The van der Waals surface area contributed by atoms with E-state index in [2.05, 4.69) is 9.97 Å². The average Bonchev–Trinajstić information content (AvgIpc) is 3.25. The van der Waals surface area contributed by atoms with Gasteiger partial charge in [-0.1, -0.05) is 30.3 Å². The lowest BCUT2D eigenvalue weighted by Crippen LogP contribution is -2.35. The summed E-state index contributed by atoms with van der Waals surface area (Å²) in [4.78, 5) is 23.5. The predicted octanol–water partition coefficient (Wildman–Crippen LogP) is 3.31. The van der Waals surface area contributed by atoms with Gasteiger partial charge in [-0.15, -0.1) is 0 Å². The van der Waals surface area contributed by atoms with E-state index in [0.29, 0.717) is 37.6 Å². The number of methoxy groups -OCH3 is 1. The first-order valence-electron chi connectivity index (χ1n) is 10.9. The van der Waals surface area contributed by atoms with Gasteiger partial charge in [0.2, 0.25) is 5.88 Å². The van der Waals surface area contributed by atoms with Crippen molar-refractivity contribution in [2.75, 3.05) is 33.3 Å². The molecule has 0 bridgehead atoms. The number of rotatable bonds is 8. The summed E-state index contributed by atoms with van der Waals surface area (Å²) in [5.41, 5.74) is 1.79. The first kappa shape index (κ1) is 22.9. The normalized spacial score (nSPS) is 17.2. The van der Waals surface area contributed by atoms with E-state index in [9.17, 15) is 19.4 Å². The average molecular weight is 455 g/mol. The molecule has 2 atom stereocenters. The summed E-state index contributed by atoms with van der Waals surface area (Å²) in [6, 6.07) is 12.8. The van der Waals surface area contributed by atoms with Crippen LogP contribution in [-0.2, 0) is 6.54 Å². The standard InChI is InChI=1S/C24H27FN4O4/c1-33-21-8-7-19-23(27-21)22(18(25)11-26-19)20(30)15-28-10-9-17(12-28)14-29(24(31)32)13-16-5-3-2-4-6-16/h2-8,11,17,20,30H,9-10,12-15H2,1H3,(H,31,32)/t17-,20-/m0/s1. The van der Waals surface area contributed by atoms with E-state index < -0.39 is 18.0 Å². The van der Waals surface area contributed by atoms with Crippen molar-refractivity contribution in [3.63, 3.8) is 0 Å². The zero-order valence-electron chi connectivity index (χ0n) is 18.4. The molecule has 174 valence electrons. The first-order chi connectivity index (χ1) is 15.9. The van der Waals surface area contributed by atoms with Crippen molar-refractivity contribution in [1.29, 1.82) is 0 Å². The molecule has 0 aliphatic carbocycles. The number of nitrogens with zero attached hydrogens (tertiary/aromatic N) is 4. The van der Waals surface area contributed by atoms with Crippen LogP contribution in [0.3, 0.4) is 0 Å². The number of hydrogen-bond donors (Lipinski definition) is 2. The van der Waals surface area contributed by atoms with Gasteiger partial charge in [0.15, 0.2) is 0 Å². The van der Waals surface area contributed by atoms with Gasteiger partial charge in [0, 0.05) is 37.8 Å². The Hall–Kier alpha value is -3.30. The van der Waals surface area contributed by atoms with E-state index in [0.717, 1.165) is 18.2 Å². The maximum Gasteiger partial charge on any atom is 0.407 e. The van der Waals surface area contributed by atoms with Crippen LogP contribution in [0.1, 0.15) is 23.7 Å². The fraction of sp³-hybridized carbons (Fsp3) is 0.375. The number of hydrogen-bond acceptors (Lipinski definition) is 6. The number of benzene rings is 1. The fourth-order valence-electron chi connectivity index (χ4n) is 4.37. The van der Waals surface area contributed by atoms with Gasteiger partial charge in [0.05, 0.1) is 24.9 Å². The Morgan fingerprint density at radius 3 is 2.82 bits per heavy atom. The molecule has 1 aliphatic rings. The van der Waals surface area contributed by atoms with Crippen LogP contribution in [0.15, 0.2) is 48.7 Å². The molecule has 0 unspecified atom stereocenters. The number of ether oxygens (including phenoxy) is 1. The van der Waals surface area contributed by atoms with E-state index in [4.69, 9.17) is 4.74 Å². The molecule has 0 spiro atoms. The molecule has 4 rings (SSSR count). The largest absolute Gasteiger partial charge is 0.481 e. The summed E-state index contributed by atoms with van der Waals surface area (Å²) in [7, 11) is 1.47. The Morgan fingerprint density at radius 1 is 1.30 bits per heavy atom. The minimum Gasteiger partial charge on any atom is -0.481 e. The highest BCUT2D eigenvalue weighted by Crippen LogP contribution is 2.28. The minimum absolute atomic E-state index is 0.0959. The van der Waals surface area contributed by atoms with E-state index in [1.165, 1.54) is 12.0 Å². The summed E-state index contributed by atoms with van der Waals surface area (Å²) in [5.74, 6) is -0.169. The van der Waals surface area contributed by atoms with Gasteiger partial charge in [-0.3, -0.25) is 4.98 Å². The van der Waals surface area contributed by atoms with Gasteiger partial charge in [0.25, 0.3) is 0 Å². The molecule has 2 N–H and O–H groups in total. The van der Waals surface area contributed by atoms with Gasteiger partial charge in [-0.2, -0.15) is 0 Å². The second-order valence-corrected chi connectivity index (χ2v) is 8.32. The van der Waals surface area contributed by atoms with Crippen molar-refractivity contribution >= 4 is 17.1 Å². The molecular weight excluding hydrogens is 427 g/mol. The third kappa shape index (κ3) is 5.37. The molecule has 8 nitrogen and oxygen atoms in total. The number of likely N-dealkylation sites (tertiary alicyclic amines) is 1. The number of aliphatic hydroxyl groups excluding tert-OH is 1. The Bertz CT molecular complexity index is 1110. The summed E-state index contributed by atoms with van der Waals surface area (Å²) in [6.45, 7) is 2.27. The topological polar surface area (TPSA) is 99.0 Å². The molecule has 1 saturated heterocycles. The van der Waals surface area contributed by atoms with Crippen molar-refractivity contribution < 1.29 is 24.1 Å². The third-order valence-corrected chi connectivity index (χ3v) is 5.99. The van der Waals surface area contributed by atoms with Crippen LogP contribution in [0.4, 0.5) is 9.18 Å². The lowest BCUT2D eigenvalue weighted by Gasteiger charge is -2.24. The molecule has 3 heterocycles. The van der Waals surface area contributed by atoms with Gasteiger partial charge in [-0.05, 0) is 30.5 Å². The number of carboxylic acid groups (broad SMARTS) is 1. The lowest BCUT2D eigenvalue weighted by atomic mass is 10.1. The molecule has 1 aromatic carbocycles. The maximum absolute atomic E-state index is 14.6. The number of aliphatic hydroxyl groups is 1. The third-order valence-electron chi connectivity index (χ3n) is 5.99. The number of amides is 1. The van der Waals surface area contributed by atoms with Crippen molar-refractivity contribution in [2.45, 2.75) is 19.1 Å². The van der Waals surface area contributed by atoms with E-state index in [-0.39, 0.29) is 23.5 Å². The van der Waals surface area contributed by atoms with Gasteiger partial charge < -0.3 is 24.7 Å². The zero-order chi connectivity index (χ0) is 23.4. The van der Waals surface area contributed by atoms with Crippen LogP contribution in [0.25, 0.3) is 11.0 Å². The fourth-order valence-corrected chi connectivity index (χ4v) is 4.37. The molecular formula is C24H27FN4O4. The number of fused-ring (bicyclic) bond motifs is 1. The molecule has 33 heavy (non-hydrogen) atoms. The summed E-state index contributed by atoms with van der Waals surface area (Å²) >= 11 is 0. The quantitative estimate of drug-likeness (QED) is 0.539. The highest BCUT2D eigenvalue weighted by molar-refractivity contribution is 5.78. The predicted molar refractivity (Wildman–Crippen MR) is 120 cm³/mol. The molecule has 1 amide bonds. The Labute approximate surface area is 191 Å². The molecule has 0 saturated carbocycles. The van der Waals surface area contributed by atoms with E-state index in [1.807, 2.05) is 35.2 Å². The molecule has 0 radical (unpaired) electrons. The molecule has 1 fully saturated rings. The van der Waals surface area contributed by atoms with Crippen molar-refractivity contribution in [3.05, 3.63) is 65.6 Å². The Morgan fingerprint density at radius 2 is 2.09 bits per heavy atom. The SMILES string of the molecule is COc1ccc2ncc(F)c([C@@H](O)CN3CC[C@H](CN(Cc4ccccc4)C(=O)O)C3)c2n1. The van der Waals surface area contributed by atoms with Crippen LogP contribution >= 0.6 is 0 Å². The highest BCUT2D eigenvalue weighted by Gasteiger charge is 2.29. The van der Waals surface area contributed by atoms with Crippen molar-refractivity contribution in [3.8, 4) is 5.88 Å². The number of β-amino-alcohol motifs (C(OH)–C–C–N with tert-alkyl or cyclic N) is 1. The van der Waals surface area contributed by atoms with Crippen molar-refractivity contribution in [2.24, 2.45) is 5.92 Å². The number of aromatic nitrogens is 2. The molecule has 9 heteroatoms. The second-order valence-electron chi connectivity index (χ2n) is 8.32.